The monoisotopic (exact) mass is 775 g/mol. The molecule has 13 rings (SSSR count). The molecule has 0 aliphatic carbocycles. The van der Waals surface area contributed by atoms with Crippen molar-refractivity contribution < 1.29 is 0 Å². The highest BCUT2D eigenvalue weighted by molar-refractivity contribution is 6.14. The van der Waals surface area contributed by atoms with Gasteiger partial charge in [0.05, 0.1) is 22.4 Å². The van der Waals surface area contributed by atoms with Crippen LogP contribution in [0.4, 0.5) is 0 Å². The first-order chi connectivity index (χ1) is 30.2. The summed E-state index contributed by atoms with van der Waals surface area (Å²) in [4.78, 5) is 0. The average molecular weight is 776 g/mol. The molecule has 61 heavy (non-hydrogen) atoms. The van der Waals surface area contributed by atoms with Crippen molar-refractivity contribution in [1.29, 1.82) is 0 Å². The molecule has 0 fully saturated rings. The third kappa shape index (κ3) is 5.24. The van der Waals surface area contributed by atoms with E-state index in [1.807, 2.05) is 0 Å². The SMILES string of the molecule is c1ccc2cc(-n3c4cccc(c4)c4cccc(c4)n(-c4cccc5c6ccccc6n(-c6cccc7ccccc67)c45)c4ccc5ccc6ccc3cc6c5c4)ccc2c1. The quantitative estimate of drug-likeness (QED) is 0.159. The second-order valence-corrected chi connectivity index (χ2v) is 16.2. The lowest BCUT2D eigenvalue weighted by Gasteiger charge is -2.18. The minimum atomic E-state index is 1.09. The number of hydrogen-bond donors (Lipinski definition) is 0. The van der Waals surface area contributed by atoms with E-state index in [1.165, 1.54) is 64.9 Å². The van der Waals surface area contributed by atoms with E-state index in [0.717, 1.165) is 49.9 Å². The normalized spacial score (nSPS) is 11.9. The number of fused-ring (bicyclic) bond motifs is 12. The summed E-state index contributed by atoms with van der Waals surface area (Å²) in [5.41, 5.74) is 10.2. The molecule has 0 aliphatic rings. The molecule has 13 aromatic rings. The van der Waals surface area contributed by atoms with Crippen molar-refractivity contribution in [3.8, 4) is 17.1 Å². The minimum Gasteiger partial charge on any atom is -0.310 e. The van der Waals surface area contributed by atoms with Crippen molar-refractivity contribution in [2.75, 3.05) is 0 Å². The molecule has 2 aromatic heterocycles. The summed E-state index contributed by atoms with van der Waals surface area (Å²) in [7, 11) is 0. The van der Waals surface area contributed by atoms with Crippen molar-refractivity contribution in [2.45, 2.75) is 0 Å². The standard InChI is InChI=1S/C58H37N3/c1-2-13-42-33-47(30-27-38(42)11-1)59-45-17-7-15-43(34-45)44-16-8-18-46(35-44)60(49-32-29-41-26-25-40-28-31-48(59)36-53(40)54(41)37-49)57-24-10-21-52-51-20-5-6-22-56(51)61(58(52)57)55-23-9-14-39-12-3-4-19-50(39)55/h1-37H. The van der Waals surface area contributed by atoms with Gasteiger partial charge in [-0.25, -0.2) is 0 Å². The van der Waals surface area contributed by atoms with E-state index in [1.54, 1.807) is 0 Å². The van der Waals surface area contributed by atoms with Gasteiger partial charge in [0, 0.05) is 43.9 Å². The van der Waals surface area contributed by atoms with Crippen molar-refractivity contribution in [2.24, 2.45) is 0 Å². The van der Waals surface area contributed by atoms with E-state index in [2.05, 4.69) is 238 Å². The lowest BCUT2D eigenvalue weighted by Crippen LogP contribution is -2.02. The van der Waals surface area contributed by atoms with Crippen molar-refractivity contribution in [3.63, 3.8) is 0 Å². The third-order valence-corrected chi connectivity index (χ3v) is 12.8. The van der Waals surface area contributed by atoms with Crippen molar-refractivity contribution in [1.82, 2.24) is 13.7 Å². The van der Waals surface area contributed by atoms with E-state index in [4.69, 9.17) is 0 Å². The third-order valence-electron chi connectivity index (χ3n) is 12.8. The highest BCUT2D eigenvalue weighted by Crippen LogP contribution is 2.39. The van der Waals surface area contributed by atoms with Crippen LogP contribution >= 0.6 is 0 Å². The van der Waals surface area contributed by atoms with E-state index in [-0.39, 0.29) is 0 Å². The summed E-state index contributed by atoms with van der Waals surface area (Å²) in [6.45, 7) is 0. The van der Waals surface area contributed by atoms with Crippen LogP contribution in [0.2, 0.25) is 0 Å². The average Bonchev–Trinajstić information content (AvgIpc) is 3.66. The molecule has 0 saturated heterocycles. The minimum absolute atomic E-state index is 1.09. The molecule has 3 heteroatoms. The fourth-order valence-electron chi connectivity index (χ4n) is 9.98. The number of aromatic nitrogens is 3. The molecular weight excluding hydrogens is 739 g/mol. The van der Waals surface area contributed by atoms with E-state index in [9.17, 15) is 0 Å². The zero-order chi connectivity index (χ0) is 40.0. The Morgan fingerprint density at radius 1 is 0.230 bits per heavy atom. The van der Waals surface area contributed by atoms with Crippen LogP contribution in [-0.4, -0.2) is 13.7 Å². The van der Waals surface area contributed by atoms with Gasteiger partial charge in [0.1, 0.15) is 0 Å². The molecule has 0 radical (unpaired) electrons. The molecule has 0 N–H and O–H groups in total. The molecular formula is C58H37N3. The van der Waals surface area contributed by atoms with Gasteiger partial charge < -0.3 is 13.7 Å². The Hall–Kier alpha value is -8.14. The topological polar surface area (TPSA) is 14.8 Å². The molecule has 11 aromatic carbocycles. The van der Waals surface area contributed by atoms with Gasteiger partial charge in [-0.2, -0.15) is 0 Å². The van der Waals surface area contributed by atoms with Crippen LogP contribution in [0, 0.1) is 0 Å². The van der Waals surface area contributed by atoms with Gasteiger partial charge >= 0.3 is 0 Å². The van der Waals surface area contributed by atoms with Gasteiger partial charge in [-0.3, -0.25) is 0 Å². The number of nitrogens with zero attached hydrogens (tertiary/aromatic N) is 3. The molecule has 0 saturated carbocycles. The van der Waals surface area contributed by atoms with Crippen LogP contribution in [0.5, 0.6) is 0 Å². The van der Waals surface area contributed by atoms with Gasteiger partial charge in [0.2, 0.25) is 0 Å². The van der Waals surface area contributed by atoms with Crippen LogP contribution in [-0.2, 0) is 0 Å². The lowest BCUT2D eigenvalue weighted by atomic mass is 10.0. The Balaban J connectivity index is 1.21. The summed E-state index contributed by atoms with van der Waals surface area (Å²) >= 11 is 0. The zero-order valence-corrected chi connectivity index (χ0v) is 33.2. The van der Waals surface area contributed by atoms with E-state index >= 15 is 0 Å². The molecule has 2 heterocycles. The van der Waals surface area contributed by atoms with Crippen molar-refractivity contribution >= 4 is 97.7 Å². The number of rotatable bonds is 3. The highest BCUT2D eigenvalue weighted by Gasteiger charge is 2.19. The summed E-state index contributed by atoms with van der Waals surface area (Å²) in [5.74, 6) is 0. The summed E-state index contributed by atoms with van der Waals surface area (Å²) in [6, 6.07) is 83.0. The molecule has 284 valence electrons. The van der Waals surface area contributed by atoms with Crippen LogP contribution in [0.1, 0.15) is 0 Å². The maximum atomic E-state index is 2.49. The Labute approximate surface area is 351 Å². The molecule has 0 spiro atoms. The zero-order valence-electron chi connectivity index (χ0n) is 33.2. The van der Waals surface area contributed by atoms with Crippen LogP contribution in [0.25, 0.3) is 115 Å². The van der Waals surface area contributed by atoms with Crippen molar-refractivity contribution in [3.05, 3.63) is 224 Å². The van der Waals surface area contributed by atoms with E-state index in [0.29, 0.717) is 0 Å². The molecule has 0 amide bonds. The van der Waals surface area contributed by atoms with Gasteiger partial charge in [-0.05, 0) is 127 Å². The maximum Gasteiger partial charge on any atom is 0.0782 e. The smallest absolute Gasteiger partial charge is 0.0782 e. The second kappa shape index (κ2) is 13.2. The first kappa shape index (κ1) is 33.8. The lowest BCUT2D eigenvalue weighted by molar-refractivity contribution is 1.13. The van der Waals surface area contributed by atoms with Crippen LogP contribution in [0.15, 0.2) is 224 Å². The summed E-state index contributed by atoms with van der Waals surface area (Å²) in [6.07, 6.45) is 0. The fraction of sp³-hybridized carbons (Fsp3) is 0. The maximum absolute atomic E-state index is 2.49. The largest absolute Gasteiger partial charge is 0.310 e. The predicted molar refractivity (Wildman–Crippen MR) is 260 cm³/mol. The molecule has 3 nitrogen and oxygen atoms in total. The first-order valence-corrected chi connectivity index (χ1v) is 21.0. The number of benzene rings is 11. The van der Waals surface area contributed by atoms with Gasteiger partial charge in [-0.15, -0.1) is 0 Å². The predicted octanol–water partition coefficient (Wildman–Crippen LogP) is 15.6. The van der Waals surface area contributed by atoms with Gasteiger partial charge in [-0.1, -0.05) is 146 Å². The van der Waals surface area contributed by atoms with E-state index < -0.39 is 0 Å². The Morgan fingerprint density at radius 2 is 0.705 bits per heavy atom. The second-order valence-electron chi connectivity index (χ2n) is 16.2. The fourth-order valence-corrected chi connectivity index (χ4v) is 9.98. The summed E-state index contributed by atoms with van der Waals surface area (Å²) < 4.78 is 7.38. The summed E-state index contributed by atoms with van der Waals surface area (Å²) in [5, 5.41) is 14.5. The molecule has 0 atom stereocenters. The van der Waals surface area contributed by atoms with Crippen LogP contribution < -0.4 is 0 Å². The van der Waals surface area contributed by atoms with Gasteiger partial charge in [0.15, 0.2) is 0 Å². The molecule has 0 unspecified atom stereocenters. The first-order valence-electron chi connectivity index (χ1n) is 21.0. The Kier molecular flexibility index (Phi) is 7.31. The molecule has 0 aliphatic heterocycles. The Bertz CT molecular complexity index is 4000. The highest BCUT2D eigenvalue weighted by atomic mass is 15.0. The number of para-hydroxylation sites is 2. The number of hydrogen-bond acceptors (Lipinski definition) is 0. The van der Waals surface area contributed by atoms with Gasteiger partial charge in [0.25, 0.3) is 0 Å². The molecule has 8 bridgehead atoms. The Morgan fingerprint density at radius 3 is 1.48 bits per heavy atom. The van der Waals surface area contributed by atoms with Crippen LogP contribution in [0.3, 0.4) is 0 Å².